The van der Waals surface area contributed by atoms with E-state index < -0.39 is 5.97 Å². The number of rotatable bonds is 3. The van der Waals surface area contributed by atoms with Crippen molar-refractivity contribution in [2.24, 2.45) is 0 Å². The van der Waals surface area contributed by atoms with Gasteiger partial charge in [0.05, 0.1) is 17.7 Å². The average molecular weight is 278 g/mol. The minimum atomic E-state index is -1.02. The summed E-state index contributed by atoms with van der Waals surface area (Å²) in [6, 6.07) is 4.26. The second kappa shape index (κ2) is 5.50. The van der Waals surface area contributed by atoms with E-state index in [9.17, 15) is 9.59 Å². The Labute approximate surface area is 117 Å². The quantitative estimate of drug-likeness (QED) is 0.789. The first-order valence-corrected chi connectivity index (χ1v) is 6.40. The number of amides is 2. The van der Waals surface area contributed by atoms with E-state index in [1.807, 2.05) is 13.8 Å². The molecule has 1 atom stereocenters. The van der Waals surface area contributed by atoms with Crippen molar-refractivity contribution in [3.8, 4) is 0 Å². The maximum Gasteiger partial charge on any atom is 0.335 e. The predicted molar refractivity (Wildman–Crippen MR) is 74.1 cm³/mol. The van der Waals surface area contributed by atoms with Crippen LogP contribution in [0.25, 0.3) is 0 Å². The number of benzene rings is 1. The maximum atomic E-state index is 12.0. The molecule has 1 aliphatic rings. The van der Waals surface area contributed by atoms with Gasteiger partial charge in [-0.3, -0.25) is 0 Å². The van der Waals surface area contributed by atoms with Crippen molar-refractivity contribution in [1.29, 1.82) is 0 Å². The first-order valence-electron chi connectivity index (χ1n) is 6.40. The van der Waals surface area contributed by atoms with Gasteiger partial charge in [0.25, 0.3) is 0 Å². The Morgan fingerprint density at radius 1 is 1.40 bits per heavy atom. The smallest absolute Gasteiger partial charge is 0.335 e. The lowest BCUT2D eigenvalue weighted by Crippen LogP contribution is -2.48. The Morgan fingerprint density at radius 3 is 2.75 bits per heavy atom. The van der Waals surface area contributed by atoms with Gasteiger partial charge in [-0.15, -0.1) is 0 Å². The van der Waals surface area contributed by atoms with Gasteiger partial charge in [0.15, 0.2) is 0 Å². The molecule has 1 saturated heterocycles. The lowest BCUT2D eigenvalue weighted by Gasteiger charge is -2.24. The molecule has 2 amide bonds. The number of carbonyl (C=O) groups is 2. The summed E-state index contributed by atoms with van der Waals surface area (Å²) in [7, 11) is 0. The third-order valence-corrected chi connectivity index (χ3v) is 3.37. The molecule has 0 saturated carbocycles. The Bertz CT molecular complexity index is 536. The Morgan fingerprint density at radius 2 is 2.15 bits per heavy atom. The minimum Gasteiger partial charge on any atom is -0.478 e. The zero-order valence-corrected chi connectivity index (χ0v) is 11.5. The lowest BCUT2D eigenvalue weighted by molar-refractivity contribution is 0.0697. The maximum absolute atomic E-state index is 12.0. The molecular weight excluding hydrogens is 260 g/mol. The summed E-state index contributed by atoms with van der Waals surface area (Å²) in [6.45, 7) is 4.83. The topological polar surface area (TPSA) is 87.7 Å². The molecule has 108 valence electrons. The van der Waals surface area contributed by atoms with Crippen LogP contribution in [0, 0.1) is 6.92 Å². The van der Waals surface area contributed by atoms with E-state index in [1.165, 1.54) is 12.1 Å². The summed E-state index contributed by atoms with van der Waals surface area (Å²) in [6.07, 6.45) is 0.758. The number of hydrogen-bond acceptors (Lipinski definition) is 3. The molecule has 3 N–H and O–H groups in total. The largest absolute Gasteiger partial charge is 0.478 e. The van der Waals surface area contributed by atoms with Gasteiger partial charge in [0, 0.05) is 12.3 Å². The van der Waals surface area contributed by atoms with E-state index in [0.717, 1.165) is 12.0 Å². The Kier molecular flexibility index (Phi) is 3.94. The summed E-state index contributed by atoms with van der Waals surface area (Å²) in [5.74, 6) is -1.02. The van der Waals surface area contributed by atoms with Crippen LogP contribution in [0.2, 0.25) is 0 Å². The van der Waals surface area contributed by atoms with E-state index in [1.54, 1.807) is 6.07 Å². The van der Waals surface area contributed by atoms with Gasteiger partial charge in [-0.1, -0.05) is 6.07 Å². The van der Waals surface area contributed by atoms with E-state index in [4.69, 9.17) is 9.84 Å². The highest BCUT2D eigenvalue weighted by Crippen LogP contribution is 2.20. The number of nitrogens with one attached hydrogen (secondary N) is 2. The van der Waals surface area contributed by atoms with E-state index >= 15 is 0 Å². The van der Waals surface area contributed by atoms with Crippen LogP contribution >= 0.6 is 0 Å². The van der Waals surface area contributed by atoms with Crippen molar-refractivity contribution in [1.82, 2.24) is 5.32 Å². The number of ether oxygens (including phenoxy) is 1. The molecule has 20 heavy (non-hydrogen) atoms. The molecule has 0 radical (unpaired) electrons. The monoisotopic (exact) mass is 278 g/mol. The van der Waals surface area contributed by atoms with Crippen LogP contribution in [0.4, 0.5) is 10.5 Å². The van der Waals surface area contributed by atoms with Crippen LogP contribution in [0.1, 0.15) is 29.3 Å². The molecule has 6 heteroatoms. The van der Waals surface area contributed by atoms with Gasteiger partial charge < -0.3 is 20.5 Å². The van der Waals surface area contributed by atoms with Crippen LogP contribution in [-0.4, -0.2) is 35.9 Å². The van der Waals surface area contributed by atoms with Gasteiger partial charge in [0.2, 0.25) is 0 Å². The number of anilines is 1. The molecule has 1 aromatic rings. The minimum absolute atomic E-state index is 0.140. The zero-order valence-electron chi connectivity index (χ0n) is 11.5. The first kappa shape index (κ1) is 14.3. The van der Waals surface area contributed by atoms with Crippen molar-refractivity contribution >= 4 is 17.7 Å². The molecule has 0 aromatic heterocycles. The standard InChI is InChI=1S/C14H18N2O4/c1-9-3-4-10(12(17)18)7-11(9)15-13(19)16-14(2)5-6-20-8-14/h3-4,7H,5-6,8H2,1-2H3,(H,17,18)(H2,15,16,19). The first-order chi connectivity index (χ1) is 9.39. The van der Waals surface area contributed by atoms with Crippen molar-refractivity contribution in [2.75, 3.05) is 18.5 Å². The Hall–Kier alpha value is -2.08. The number of carboxylic acids is 1. The molecule has 1 heterocycles. The highest BCUT2D eigenvalue weighted by Gasteiger charge is 2.31. The number of aromatic carboxylic acids is 1. The van der Waals surface area contributed by atoms with Gasteiger partial charge in [-0.2, -0.15) is 0 Å². The van der Waals surface area contributed by atoms with Crippen LogP contribution in [0.3, 0.4) is 0 Å². The summed E-state index contributed by atoms with van der Waals surface area (Å²) in [4.78, 5) is 22.9. The summed E-state index contributed by atoms with van der Waals surface area (Å²) in [5.41, 5.74) is 1.06. The van der Waals surface area contributed by atoms with Crippen LogP contribution < -0.4 is 10.6 Å². The second-order valence-corrected chi connectivity index (χ2v) is 5.28. The molecule has 0 bridgehead atoms. The molecule has 2 rings (SSSR count). The van der Waals surface area contributed by atoms with Crippen molar-refractivity contribution < 1.29 is 19.4 Å². The van der Waals surface area contributed by atoms with Gasteiger partial charge >= 0.3 is 12.0 Å². The fourth-order valence-corrected chi connectivity index (χ4v) is 2.08. The summed E-state index contributed by atoms with van der Waals surface area (Å²) in [5, 5.41) is 14.5. The number of aryl methyl sites for hydroxylation is 1. The molecular formula is C14H18N2O4. The number of urea groups is 1. The molecule has 0 spiro atoms. The summed E-state index contributed by atoms with van der Waals surface area (Å²) < 4.78 is 5.27. The third kappa shape index (κ3) is 3.27. The van der Waals surface area contributed by atoms with Crippen LogP contribution in [0.5, 0.6) is 0 Å². The van der Waals surface area contributed by atoms with Gasteiger partial charge in [-0.05, 0) is 38.0 Å². The second-order valence-electron chi connectivity index (χ2n) is 5.28. The van der Waals surface area contributed by atoms with Gasteiger partial charge in [-0.25, -0.2) is 9.59 Å². The molecule has 1 fully saturated rings. The summed E-state index contributed by atoms with van der Waals surface area (Å²) >= 11 is 0. The van der Waals surface area contributed by atoms with E-state index in [-0.39, 0.29) is 17.1 Å². The molecule has 0 aliphatic carbocycles. The Balaban J connectivity index is 2.07. The van der Waals surface area contributed by atoms with Gasteiger partial charge in [0.1, 0.15) is 0 Å². The van der Waals surface area contributed by atoms with E-state index in [2.05, 4.69) is 10.6 Å². The fourth-order valence-electron chi connectivity index (χ4n) is 2.08. The van der Waals surface area contributed by atoms with Crippen molar-refractivity contribution in [2.45, 2.75) is 25.8 Å². The molecule has 6 nitrogen and oxygen atoms in total. The molecule has 1 aromatic carbocycles. The SMILES string of the molecule is Cc1ccc(C(=O)O)cc1NC(=O)NC1(C)CCOC1. The van der Waals surface area contributed by atoms with E-state index in [0.29, 0.717) is 18.9 Å². The van der Waals surface area contributed by atoms with Crippen LogP contribution in [-0.2, 0) is 4.74 Å². The third-order valence-electron chi connectivity index (χ3n) is 3.37. The number of hydrogen-bond donors (Lipinski definition) is 3. The van der Waals surface area contributed by atoms with Crippen molar-refractivity contribution in [3.05, 3.63) is 29.3 Å². The van der Waals surface area contributed by atoms with Crippen molar-refractivity contribution in [3.63, 3.8) is 0 Å². The normalized spacial score (nSPS) is 21.5. The number of carboxylic acid groups (broad SMARTS) is 1. The predicted octanol–water partition coefficient (Wildman–Crippen LogP) is 1.99. The molecule has 1 unspecified atom stereocenters. The lowest BCUT2D eigenvalue weighted by atomic mass is 10.0. The fraction of sp³-hybridized carbons (Fsp3) is 0.429. The number of carbonyl (C=O) groups excluding carboxylic acids is 1. The van der Waals surface area contributed by atoms with Crippen LogP contribution in [0.15, 0.2) is 18.2 Å². The highest BCUT2D eigenvalue weighted by molar-refractivity contribution is 5.94. The molecule has 1 aliphatic heterocycles. The highest BCUT2D eigenvalue weighted by atomic mass is 16.5. The zero-order chi connectivity index (χ0) is 14.8. The average Bonchev–Trinajstić information content (AvgIpc) is 2.78.